The lowest BCUT2D eigenvalue weighted by Gasteiger charge is -2.18. The van der Waals surface area contributed by atoms with Crippen molar-refractivity contribution in [3.05, 3.63) is 29.8 Å². The minimum atomic E-state index is -0.208. The van der Waals surface area contributed by atoms with Gasteiger partial charge in [-0.1, -0.05) is 26.0 Å². The molecule has 1 aromatic carbocycles. The zero-order chi connectivity index (χ0) is 12.7. The molecule has 0 radical (unpaired) electrons. The highest BCUT2D eigenvalue weighted by Gasteiger charge is 2.09. The summed E-state index contributed by atoms with van der Waals surface area (Å²) in [5, 5.41) is 22.1. The largest absolute Gasteiger partial charge is 0.508 e. The highest BCUT2D eigenvalue weighted by Crippen LogP contribution is 2.19. The lowest BCUT2D eigenvalue weighted by Crippen LogP contribution is -2.24. The maximum absolute atomic E-state index is 9.48. The average molecular weight is 237 g/mol. The van der Waals surface area contributed by atoms with Crippen LogP contribution in [-0.4, -0.2) is 22.9 Å². The summed E-state index contributed by atoms with van der Waals surface area (Å²) in [6, 6.07) is 7.58. The number of benzene rings is 1. The Morgan fingerprint density at radius 2 is 1.76 bits per heavy atom. The van der Waals surface area contributed by atoms with Gasteiger partial charge < -0.3 is 15.5 Å². The summed E-state index contributed by atoms with van der Waals surface area (Å²) >= 11 is 0. The second-order valence-electron chi connectivity index (χ2n) is 4.36. The molecule has 2 atom stereocenters. The number of aliphatic hydroxyl groups is 1. The summed E-state index contributed by atoms with van der Waals surface area (Å²) in [6.07, 6.45) is 2.37. The molecular weight excluding hydrogens is 214 g/mol. The summed E-state index contributed by atoms with van der Waals surface area (Å²) in [7, 11) is 0. The fourth-order valence-electron chi connectivity index (χ4n) is 1.83. The number of phenols is 1. The number of aromatic hydroxyl groups is 1. The SMILES string of the molecule is CCC(O)CCNC(CC)c1ccc(O)cc1. The molecule has 0 aromatic heterocycles. The normalized spacial score (nSPS) is 14.5. The van der Waals surface area contributed by atoms with Crippen LogP contribution < -0.4 is 5.32 Å². The van der Waals surface area contributed by atoms with Gasteiger partial charge in [-0.05, 0) is 43.5 Å². The third-order valence-electron chi connectivity index (χ3n) is 3.04. The van der Waals surface area contributed by atoms with Gasteiger partial charge in [-0.25, -0.2) is 0 Å². The topological polar surface area (TPSA) is 52.5 Å². The Hall–Kier alpha value is -1.06. The summed E-state index contributed by atoms with van der Waals surface area (Å²) in [6.45, 7) is 4.93. The average Bonchev–Trinajstić information content (AvgIpc) is 2.35. The molecule has 0 heterocycles. The Bertz CT molecular complexity index is 311. The molecule has 96 valence electrons. The number of hydrogen-bond acceptors (Lipinski definition) is 3. The zero-order valence-electron chi connectivity index (χ0n) is 10.7. The molecule has 3 heteroatoms. The molecule has 1 aromatic rings. The van der Waals surface area contributed by atoms with Crippen molar-refractivity contribution >= 4 is 0 Å². The van der Waals surface area contributed by atoms with Gasteiger partial charge in [-0.2, -0.15) is 0 Å². The Morgan fingerprint density at radius 3 is 2.29 bits per heavy atom. The maximum atomic E-state index is 9.48. The van der Waals surface area contributed by atoms with E-state index < -0.39 is 0 Å². The van der Waals surface area contributed by atoms with Gasteiger partial charge in [0, 0.05) is 6.04 Å². The number of hydrogen-bond donors (Lipinski definition) is 3. The fraction of sp³-hybridized carbons (Fsp3) is 0.571. The Morgan fingerprint density at radius 1 is 1.12 bits per heavy atom. The zero-order valence-corrected chi connectivity index (χ0v) is 10.7. The van der Waals surface area contributed by atoms with Crippen LogP contribution in [0.5, 0.6) is 5.75 Å². The third-order valence-corrected chi connectivity index (χ3v) is 3.04. The Labute approximate surface area is 103 Å². The quantitative estimate of drug-likeness (QED) is 0.683. The molecular formula is C14H23NO2. The molecule has 0 saturated heterocycles. The van der Waals surface area contributed by atoms with E-state index in [1.54, 1.807) is 12.1 Å². The number of rotatable bonds is 7. The number of nitrogens with one attached hydrogen (secondary N) is 1. The first kappa shape index (κ1) is 14.0. The second-order valence-corrected chi connectivity index (χ2v) is 4.36. The molecule has 2 unspecified atom stereocenters. The molecule has 0 aliphatic heterocycles. The summed E-state index contributed by atoms with van der Waals surface area (Å²) in [5.74, 6) is 0.296. The molecule has 17 heavy (non-hydrogen) atoms. The van der Waals surface area contributed by atoms with Gasteiger partial charge in [-0.3, -0.25) is 0 Å². The van der Waals surface area contributed by atoms with E-state index in [-0.39, 0.29) is 6.10 Å². The van der Waals surface area contributed by atoms with Crippen molar-refractivity contribution in [3.8, 4) is 5.75 Å². The van der Waals surface area contributed by atoms with Crippen LogP contribution in [0.25, 0.3) is 0 Å². The highest BCUT2D eigenvalue weighted by atomic mass is 16.3. The predicted octanol–water partition coefficient (Wildman–Crippen LogP) is 2.59. The molecule has 1 rings (SSSR count). The van der Waals surface area contributed by atoms with Crippen molar-refractivity contribution in [2.24, 2.45) is 0 Å². The fourth-order valence-corrected chi connectivity index (χ4v) is 1.83. The van der Waals surface area contributed by atoms with Gasteiger partial charge in [-0.15, -0.1) is 0 Å². The van der Waals surface area contributed by atoms with Crippen LogP contribution >= 0.6 is 0 Å². The Balaban J connectivity index is 2.45. The number of aliphatic hydroxyl groups excluding tert-OH is 1. The van der Waals surface area contributed by atoms with E-state index in [4.69, 9.17) is 0 Å². The summed E-state index contributed by atoms with van der Waals surface area (Å²) in [4.78, 5) is 0. The van der Waals surface area contributed by atoms with Crippen molar-refractivity contribution in [2.75, 3.05) is 6.54 Å². The van der Waals surface area contributed by atoms with E-state index in [9.17, 15) is 10.2 Å². The standard InChI is InChI=1S/C14H23NO2/c1-3-12(16)9-10-15-14(4-2)11-5-7-13(17)8-6-11/h5-8,12,14-17H,3-4,9-10H2,1-2H3. The third kappa shape index (κ3) is 4.75. The molecule has 0 amide bonds. The maximum Gasteiger partial charge on any atom is 0.115 e. The molecule has 3 nitrogen and oxygen atoms in total. The second kappa shape index (κ2) is 7.30. The molecule has 0 spiro atoms. The van der Waals surface area contributed by atoms with Gasteiger partial charge in [0.1, 0.15) is 5.75 Å². The molecule has 0 aliphatic rings. The van der Waals surface area contributed by atoms with Crippen molar-refractivity contribution in [2.45, 2.75) is 45.3 Å². The molecule has 0 saturated carbocycles. The smallest absolute Gasteiger partial charge is 0.115 e. The van der Waals surface area contributed by atoms with Gasteiger partial charge in [0.25, 0.3) is 0 Å². The first-order chi connectivity index (χ1) is 8.17. The van der Waals surface area contributed by atoms with Crippen molar-refractivity contribution in [1.82, 2.24) is 5.32 Å². The Kier molecular flexibility index (Phi) is 6.01. The van der Waals surface area contributed by atoms with Gasteiger partial charge in [0.2, 0.25) is 0 Å². The first-order valence-corrected chi connectivity index (χ1v) is 6.37. The van der Waals surface area contributed by atoms with Gasteiger partial charge in [0.05, 0.1) is 6.10 Å². The number of phenolic OH excluding ortho intramolecular Hbond substituents is 1. The molecule has 0 bridgehead atoms. The van der Waals surface area contributed by atoms with Crippen LogP contribution in [0.4, 0.5) is 0 Å². The summed E-state index contributed by atoms with van der Waals surface area (Å²) in [5.41, 5.74) is 1.18. The van der Waals surface area contributed by atoms with Crippen molar-refractivity contribution in [1.29, 1.82) is 0 Å². The summed E-state index contributed by atoms with van der Waals surface area (Å²) < 4.78 is 0. The highest BCUT2D eigenvalue weighted by molar-refractivity contribution is 5.27. The van der Waals surface area contributed by atoms with Gasteiger partial charge in [0.15, 0.2) is 0 Å². The van der Waals surface area contributed by atoms with Crippen LogP contribution in [-0.2, 0) is 0 Å². The first-order valence-electron chi connectivity index (χ1n) is 6.37. The van der Waals surface area contributed by atoms with Crippen LogP contribution in [0, 0.1) is 0 Å². The van der Waals surface area contributed by atoms with Crippen LogP contribution in [0.15, 0.2) is 24.3 Å². The van der Waals surface area contributed by atoms with E-state index in [0.29, 0.717) is 11.8 Å². The molecule has 0 aliphatic carbocycles. The van der Waals surface area contributed by atoms with Crippen LogP contribution in [0.1, 0.15) is 44.7 Å². The predicted molar refractivity (Wildman–Crippen MR) is 70.1 cm³/mol. The monoisotopic (exact) mass is 237 g/mol. The van der Waals surface area contributed by atoms with Crippen LogP contribution in [0.3, 0.4) is 0 Å². The molecule has 3 N–H and O–H groups in total. The minimum absolute atomic E-state index is 0.208. The minimum Gasteiger partial charge on any atom is -0.508 e. The van der Waals surface area contributed by atoms with E-state index in [1.807, 2.05) is 19.1 Å². The van der Waals surface area contributed by atoms with Crippen LogP contribution in [0.2, 0.25) is 0 Å². The van der Waals surface area contributed by atoms with E-state index in [2.05, 4.69) is 12.2 Å². The van der Waals surface area contributed by atoms with E-state index in [1.165, 1.54) is 5.56 Å². The lowest BCUT2D eigenvalue weighted by atomic mass is 10.0. The molecule has 0 fully saturated rings. The van der Waals surface area contributed by atoms with Crippen molar-refractivity contribution < 1.29 is 10.2 Å². The van der Waals surface area contributed by atoms with Gasteiger partial charge >= 0.3 is 0 Å². The van der Waals surface area contributed by atoms with Crippen molar-refractivity contribution in [3.63, 3.8) is 0 Å². The van der Waals surface area contributed by atoms with E-state index >= 15 is 0 Å². The lowest BCUT2D eigenvalue weighted by molar-refractivity contribution is 0.158. The van der Waals surface area contributed by atoms with E-state index in [0.717, 1.165) is 25.8 Å².